The smallest absolute Gasteiger partial charge is 0.225 e. The molecule has 0 amide bonds. The average Bonchev–Trinajstić information content (AvgIpc) is 2.29. The minimum absolute atomic E-state index is 0.243. The highest BCUT2D eigenvalue weighted by molar-refractivity contribution is 5.30. The molecule has 88 valence electrons. The third kappa shape index (κ3) is 2.50. The maximum absolute atomic E-state index is 9.63. The van der Waals surface area contributed by atoms with E-state index in [9.17, 15) is 5.11 Å². The number of hydrogen-bond donors (Lipinski definition) is 1. The van der Waals surface area contributed by atoms with Crippen LogP contribution >= 0.6 is 0 Å². The van der Waals surface area contributed by atoms with Crippen molar-refractivity contribution in [3.05, 3.63) is 18.0 Å². The number of anilines is 1. The lowest BCUT2D eigenvalue weighted by Gasteiger charge is -2.34. The molecule has 1 aliphatic rings. The highest BCUT2D eigenvalue weighted by Gasteiger charge is 2.24. The van der Waals surface area contributed by atoms with Gasteiger partial charge in [0.15, 0.2) is 0 Å². The van der Waals surface area contributed by atoms with Crippen LogP contribution in [0.25, 0.3) is 0 Å². The quantitative estimate of drug-likeness (QED) is 0.819. The van der Waals surface area contributed by atoms with Gasteiger partial charge in [-0.2, -0.15) is 0 Å². The lowest BCUT2D eigenvalue weighted by molar-refractivity contribution is 0.114. The maximum atomic E-state index is 9.63. The van der Waals surface area contributed by atoms with Gasteiger partial charge in [-0.05, 0) is 32.8 Å². The Morgan fingerprint density at radius 3 is 3.06 bits per heavy atom. The molecule has 1 N–H and O–H groups in total. The summed E-state index contributed by atoms with van der Waals surface area (Å²) >= 11 is 0. The second-order valence-corrected chi connectivity index (χ2v) is 4.59. The lowest BCUT2D eigenvalue weighted by atomic mass is 9.94. The van der Waals surface area contributed by atoms with Crippen molar-refractivity contribution in [1.29, 1.82) is 0 Å². The Morgan fingerprint density at radius 2 is 2.38 bits per heavy atom. The summed E-state index contributed by atoms with van der Waals surface area (Å²) in [6.45, 7) is 5.69. The molecular formula is C12H19N3O. The predicted molar refractivity (Wildman–Crippen MR) is 63.4 cm³/mol. The first kappa shape index (κ1) is 11.3. The summed E-state index contributed by atoms with van der Waals surface area (Å²) in [5, 5.41) is 9.63. The van der Waals surface area contributed by atoms with E-state index in [1.807, 2.05) is 19.9 Å². The second-order valence-electron chi connectivity index (χ2n) is 4.59. The Balaban J connectivity index is 2.09. The molecule has 4 heteroatoms. The Bertz CT molecular complexity index is 354. The van der Waals surface area contributed by atoms with Gasteiger partial charge in [0.25, 0.3) is 0 Å². The van der Waals surface area contributed by atoms with Crippen LogP contribution in [0.15, 0.2) is 12.3 Å². The molecule has 2 rings (SSSR count). The molecule has 0 radical (unpaired) electrons. The molecule has 2 heterocycles. The molecule has 0 spiro atoms. The minimum atomic E-state index is -0.243. The number of aromatic nitrogens is 2. The first-order valence-corrected chi connectivity index (χ1v) is 5.89. The third-order valence-electron chi connectivity index (χ3n) is 3.21. The number of hydrogen-bond acceptors (Lipinski definition) is 4. The predicted octanol–water partition coefficient (Wildman–Crippen LogP) is 1.38. The highest BCUT2D eigenvalue weighted by Crippen LogP contribution is 2.22. The number of aryl methyl sites for hydroxylation is 1. The van der Waals surface area contributed by atoms with Crippen molar-refractivity contribution in [3.63, 3.8) is 0 Å². The minimum Gasteiger partial charge on any atom is -0.393 e. The van der Waals surface area contributed by atoms with Gasteiger partial charge in [-0.25, -0.2) is 9.97 Å². The number of aliphatic hydroxyl groups excluding tert-OH is 1. The summed E-state index contributed by atoms with van der Waals surface area (Å²) in [6, 6.07) is 1.90. The SMILES string of the molecule is Cc1ccnc(N2CCCC(C(C)O)C2)n1. The normalized spacial score (nSPS) is 23.2. The number of aliphatic hydroxyl groups is 1. The molecule has 0 bridgehead atoms. The first-order chi connectivity index (χ1) is 7.66. The van der Waals surface area contributed by atoms with Crippen molar-refractivity contribution in [1.82, 2.24) is 9.97 Å². The number of piperidine rings is 1. The lowest BCUT2D eigenvalue weighted by Crippen LogP contribution is -2.40. The summed E-state index contributed by atoms with van der Waals surface area (Å²) < 4.78 is 0. The van der Waals surface area contributed by atoms with E-state index in [1.54, 1.807) is 6.20 Å². The van der Waals surface area contributed by atoms with Gasteiger partial charge in [0.2, 0.25) is 5.95 Å². The molecule has 1 aliphatic heterocycles. The summed E-state index contributed by atoms with van der Waals surface area (Å²) in [5.74, 6) is 1.14. The van der Waals surface area contributed by atoms with Crippen molar-refractivity contribution < 1.29 is 5.11 Å². The van der Waals surface area contributed by atoms with Crippen molar-refractivity contribution in [2.24, 2.45) is 5.92 Å². The van der Waals surface area contributed by atoms with E-state index in [0.29, 0.717) is 5.92 Å². The molecule has 1 aromatic rings. The van der Waals surface area contributed by atoms with E-state index in [-0.39, 0.29) is 6.10 Å². The Hall–Kier alpha value is -1.16. The summed E-state index contributed by atoms with van der Waals surface area (Å²) in [7, 11) is 0. The largest absolute Gasteiger partial charge is 0.393 e. The fourth-order valence-electron chi connectivity index (χ4n) is 2.17. The van der Waals surface area contributed by atoms with Crippen LogP contribution in [0.4, 0.5) is 5.95 Å². The molecule has 1 aromatic heterocycles. The highest BCUT2D eigenvalue weighted by atomic mass is 16.3. The van der Waals surface area contributed by atoms with Gasteiger partial charge in [0.05, 0.1) is 6.10 Å². The monoisotopic (exact) mass is 221 g/mol. The fraction of sp³-hybridized carbons (Fsp3) is 0.667. The van der Waals surface area contributed by atoms with Gasteiger partial charge in [-0.3, -0.25) is 0 Å². The molecule has 0 aromatic carbocycles. The van der Waals surface area contributed by atoms with Crippen molar-refractivity contribution >= 4 is 5.95 Å². The van der Waals surface area contributed by atoms with Gasteiger partial charge in [0.1, 0.15) is 0 Å². The van der Waals surface area contributed by atoms with Gasteiger partial charge >= 0.3 is 0 Å². The second kappa shape index (κ2) is 4.78. The van der Waals surface area contributed by atoms with Gasteiger partial charge in [-0.15, -0.1) is 0 Å². The third-order valence-corrected chi connectivity index (χ3v) is 3.21. The maximum Gasteiger partial charge on any atom is 0.225 e. The van der Waals surface area contributed by atoms with Gasteiger partial charge in [0, 0.05) is 30.9 Å². The van der Waals surface area contributed by atoms with E-state index < -0.39 is 0 Å². The van der Waals surface area contributed by atoms with Crippen molar-refractivity contribution in [2.45, 2.75) is 32.8 Å². The molecular weight excluding hydrogens is 202 g/mol. The Kier molecular flexibility index (Phi) is 3.39. The zero-order chi connectivity index (χ0) is 11.5. The first-order valence-electron chi connectivity index (χ1n) is 5.89. The summed E-state index contributed by atoms with van der Waals surface area (Å²) in [5.41, 5.74) is 0.990. The molecule has 2 unspecified atom stereocenters. The van der Waals surface area contributed by atoms with Gasteiger partial charge in [-0.1, -0.05) is 0 Å². The van der Waals surface area contributed by atoms with Crippen LogP contribution in [0, 0.1) is 12.8 Å². The standard InChI is InChI=1S/C12H19N3O/c1-9-5-6-13-12(14-9)15-7-3-4-11(8-15)10(2)16/h5-6,10-11,16H,3-4,7-8H2,1-2H3. The molecule has 2 atom stereocenters. The van der Waals surface area contributed by atoms with E-state index in [0.717, 1.165) is 37.6 Å². The van der Waals surface area contributed by atoms with Crippen LogP contribution in [-0.4, -0.2) is 34.3 Å². The van der Waals surface area contributed by atoms with Crippen molar-refractivity contribution in [3.8, 4) is 0 Å². The summed E-state index contributed by atoms with van der Waals surface area (Å²) in [4.78, 5) is 10.9. The van der Waals surface area contributed by atoms with Crippen LogP contribution in [0.1, 0.15) is 25.5 Å². The van der Waals surface area contributed by atoms with E-state index >= 15 is 0 Å². The van der Waals surface area contributed by atoms with Gasteiger partial charge < -0.3 is 10.0 Å². The van der Waals surface area contributed by atoms with Crippen LogP contribution in [0.3, 0.4) is 0 Å². The molecule has 0 saturated carbocycles. The zero-order valence-electron chi connectivity index (χ0n) is 9.93. The fourth-order valence-corrected chi connectivity index (χ4v) is 2.17. The van der Waals surface area contributed by atoms with Crippen LogP contribution < -0.4 is 4.90 Å². The van der Waals surface area contributed by atoms with Crippen molar-refractivity contribution in [2.75, 3.05) is 18.0 Å². The van der Waals surface area contributed by atoms with Crippen LogP contribution in [0.2, 0.25) is 0 Å². The number of nitrogens with zero attached hydrogens (tertiary/aromatic N) is 3. The molecule has 1 saturated heterocycles. The van der Waals surface area contributed by atoms with E-state index in [1.165, 1.54) is 0 Å². The Labute approximate surface area is 96.3 Å². The average molecular weight is 221 g/mol. The van der Waals surface area contributed by atoms with E-state index in [4.69, 9.17) is 0 Å². The molecule has 0 aliphatic carbocycles. The Morgan fingerprint density at radius 1 is 1.56 bits per heavy atom. The molecule has 16 heavy (non-hydrogen) atoms. The summed E-state index contributed by atoms with van der Waals surface area (Å²) in [6.07, 6.45) is 3.75. The van der Waals surface area contributed by atoms with E-state index in [2.05, 4.69) is 14.9 Å². The topological polar surface area (TPSA) is 49.2 Å². The zero-order valence-corrected chi connectivity index (χ0v) is 9.93. The van der Waals surface area contributed by atoms with Crippen LogP contribution in [0.5, 0.6) is 0 Å². The molecule has 1 fully saturated rings. The van der Waals surface area contributed by atoms with Crippen LogP contribution in [-0.2, 0) is 0 Å². The number of rotatable bonds is 2. The molecule has 4 nitrogen and oxygen atoms in total.